The van der Waals surface area contributed by atoms with E-state index in [4.69, 9.17) is 4.74 Å². The van der Waals surface area contributed by atoms with Crippen molar-refractivity contribution >= 4 is 0 Å². The Labute approximate surface area is 76.8 Å². The van der Waals surface area contributed by atoms with E-state index in [0.717, 1.165) is 13.0 Å². The zero-order valence-electron chi connectivity index (χ0n) is 8.51. The summed E-state index contributed by atoms with van der Waals surface area (Å²) >= 11 is 0. The van der Waals surface area contributed by atoms with Crippen LogP contribution >= 0.6 is 0 Å². The minimum Gasteiger partial charge on any atom is -0.385 e. The van der Waals surface area contributed by atoms with Crippen LogP contribution in [0, 0.1) is 0 Å². The molecule has 0 spiro atoms. The molecule has 0 aliphatic heterocycles. The maximum absolute atomic E-state index is 4.95. The van der Waals surface area contributed by atoms with Crippen LogP contribution in [-0.4, -0.2) is 13.7 Å². The summed E-state index contributed by atoms with van der Waals surface area (Å²) in [5.74, 6) is 0. The van der Waals surface area contributed by atoms with Gasteiger partial charge in [0.2, 0.25) is 0 Å². The minimum atomic E-state index is 0.888. The zero-order chi connectivity index (χ0) is 9.07. The molecule has 0 fully saturated rings. The summed E-state index contributed by atoms with van der Waals surface area (Å²) in [5.41, 5.74) is 0. The van der Waals surface area contributed by atoms with Gasteiger partial charge in [-0.3, -0.25) is 0 Å². The van der Waals surface area contributed by atoms with Gasteiger partial charge in [0.25, 0.3) is 0 Å². The molecule has 0 aliphatic rings. The van der Waals surface area contributed by atoms with Crippen molar-refractivity contribution in [3.05, 3.63) is 12.2 Å². The van der Waals surface area contributed by atoms with Crippen LogP contribution in [0.3, 0.4) is 0 Å². The number of hydrogen-bond donors (Lipinski definition) is 0. The van der Waals surface area contributed by atoms with Gasteiger partial charge in [0, 0.05) is 13.7 Å². The van der Waals surface area contributed by atoms with Gasteiger partial charge in [0.05, 0.1) is 0 Å². The van der Waals surface area contributed by atoms with Crippen LogP contribution in [0.2, 0.25) is 0 Å². The first-order chi connectivity index (χ1) is 5.91. The fourth-order valence-electron chi connectivity index (χ4n) is 1.09. The van der Waals surface area contributed by atoms with Crippen LogP contribution in [-0.2, 0) is 4.74 Å². The van der Waals surface area contributed by atoms with Gasteiger partial charge in [-0.25, -0.2) is 0 Å². The van der Waals surface area contributed by atoms with E-state index < -0.39 is 0 Å². The van der Waals surface area contributed by atoms with Crippen molar-refractivity contribution in [2.24, 2.45) is 0 Å². The van der Waals surface area contributed by atoms with Gasteiger partial charge < -0.3 is 4.74 Å². The molecular weight excluding hydrogens is 148 g/mol. The molecule has 1 nitrogen and oxygen atoms in total. The molecule has 0 radical (unpaired) electrons. The molecule has 0 aromatic carbocycles. The Morgan fingerprint density at radius 1 is 1.00 bits per heavy atom. The second-order valence-electron chi connectivity index (χ2n) is 3.10. The highest BCUT2D eigenvalue weighted by atomic mass is 16.5. The first kappa shape index (κ1) is 11.7. The average molecular weight is 170 g/mol. The van der Waals surface area contributed by atoms with E-state index in [2.05, 4.69) is 19.1 Å². The average Bonchev–Trinajstić information content (AvgIpc) is 2.10. The first-order valence-electron chi connectivity index (χ1n) is 5.05. The van der Waals surface area contributed by atoms with Crippen molar-refractivity contribution in [1.29, 1.82) is 0 Å². The Bertz CT molecular complexity index is 85.2. The van der Waals surface area contributed by atoms with E-state index in [0.29, 0.717) is 0 Å². The number of unbranched alkanes of at least 4 members (excludes halogenated alkanes) is 4. The van der Waals surface area contributed by atoms with Crippen molar-refractivity contribution in [3.8, 4) is 0 Å². The van der Waals surface area contributed by atoms with Crippen LogP contribution in [0.1, 0.15) is 45.4 Å². The monoisotopic (exact) mass is 170 g/mol. The van der Waals surface area contributed by atoms with Gasteiger partial charge in [0.1, 0.15) is 0 Å². The van der Waals surface area contributed by atoms with Crippen LogP contribution in [0.15, 0.2) is 12.2 Å². The Balaban J connectivity index is 2.93. The standard InChI is InChI=1S/C11H22O/c1-3-4-5-6-7-8-9-10-11-12-2/h7-8H,3-6,9-11H2,1-2H3/b8-7-. The quantitative estimate of drug-likeness (QED) is 0.400. The maximum atomic E-state index is 4.95. The molecule has 0 amide bonds. The van der Waals surface area contributed by atoms with E-state index in [-0.39, 0.29) is 0 Å². The van der Waals surface area contributed by atoms with Crippen LogP contribution < -0.4 is 0 Å². The molecule has 1 heteroatoms. The molecule has 0 bridgehead atoms. The van der Waals surface area contributed by atoms with Gasteiger partial charge in [-0.2, -0.15) is 0 Å². The molecule has 72 valence electrons. The van der Waals surface area contributed by atoms with Gasteiger partial charge in [-0.15, -0.1) is 0 Å². The Morgan fingerprint density at radius 3 is 2.25 bits per heavy atom. The number of hydrogen-bond acceptors (Lipinski definition) is 1. The molecular formula is C11H22O. The normalized spacial score (nSPS) is 11.2. The number of allylic oxidation sites excluding steroid dienone is 2. The predicted molar refractivity (Wildman–Crippen MR) is 54.4 cm³/mol. The second kappa shape index (κ2) is 10.7. The van der Waals surface area contributed by atoms with Crippen LogP contribution in [0.25, 0.3) is 0 Å². The van der Waals surface area contributed by atoms with E-state index in [1.54, 1.807) is 7.11 Å². The SMILES string of the molecule is CCCCC/C=C\CCCOC. The van der Waals surface area contributed by atoms with Crippen LogP contribution in [0.4, 0.5) is 0 Å². The highest BCUT2D eigenvalue weighted by Crippen LogP contribution is 2.00. The van der Waals surface area contributed by atoms with E-state index in [1.165, 1.54) is 32.1 Å². The summed E-state index contributed by atoms with van der Waals surface area (Å²) in [7, 11) is 1.75. The molecule has 12 heavy (non-hydrogen) atoms. The first-order valence-corrected chi connectivity index (χ1v) is 5.05. The lowest BCUT2D eigenvalue weighted by Crippen LogP contribution is -1.85. The molecule has 0 aromatic rings. The summed E-state index contributed by atoms with van der Waals surface area (Å²) in [5, 5.41) is 0. The third-order valence-corrected chi connectivity index (χ3v) is 1.86. The minimum absolute atomic E-state index is 0.888. The maximum Gasteiger partial charge on any atom is 0.0465 e. The molecule has 0 N–H and O–H groups in total. The van der Waals surface area contributed by atoms with E-state index in [1.807, 2.05) is 0 Å². The smallest absolute Gasteiger partial charge is 0.0465 e. The summed E-state index contributed by atoms with van der Waals surface area (Å²) in [6.07, 6.45) is 12.2. The molecule has 0 saturated carbocycles. The molecule has 0 saturated heterocycles. The lowest BCUT2D eigenvalue weighted by Gasteiger charge is -1.94. The van der Waals surface area contributed by atoms with E-state index >= 15 is 0 Å². The Kier molecular flexibility index (Phi) is 10.4. The van der Waals surface area contributed by atoms with Crippen LogP contribution in [0.5, 0.6) is 0 Å². The largest absolute Gasteiger partial charge is 0.385 e. The second-order valence-corrected chi connectivity index (χ2v) is 3.10. The summed E-state index contributed by atoms with van der Waals surface area (Å²) in [6, 6.07) is 0. The van der Waals surface area contributed by atoms with Crippen molar-refractivity contribution < 1.29 is 4.74 Å². The number of methoxy groups -OCH3 is 1. The molecule has 0 unspecified atom stereocenters. The fraction of sp³-hybridized carbons (Fsp3) is 0.818. The van der Waals surface area contributed by atoms with Gasteiger partial charge in [-0.05, 0) is 25.7 Å². The predicted octanol–water partition coefficient (Wildman–Crippen LogP) is 3.55. The third kappa shape index (κ3) is 9.70. The van der Waals surface area contributed by atoms with Crippen molar-refractivity contribution in [1.82, 2.24) is 0 Å². The topological polar surface area (TPSA) is 9.23 Å². The lowest BCUT2D eigenvalue weighted by atomic mass is 10.2. The van der Waals surface area contributed by atoms with Crippen molar-refractivity contribution in [3.63, 3.8) is 0 Å². The van der Waals surface area contributed by atoms with Gasteiger partial charge in [0.15, 0.2) is 0 Å². The lowest BCUT2D eigenvalue weighted by molar-refractivity contribution is 0.196. The highest BCUT2D eigenvalue weighted by Gasteiger charge is 1.83. The zero-order valence-corrected chi connectivity index (χ0v) is 8.51. The van der Waals surface area contributed by atoms with Gasteiger partial charge >= 0.3 is 0 Å². The number of ether oxygens (including phenoxy) is 1. The van der Waals surface area contributed by atoms with E-state index in [9.17, 15) is 0 Å². The summed E-state index contributed by atoms with van der Waals surface area (Å²) in [6.45, 7) is 3.13. The highest BCUT2D eigenvalue weighted by molar-refractivity contribution is 4.81. The molecule has 0 aliphatic carbocycles. The fourth-order valence-corrected chi connectivity index (χ4v) is 1.09. The van der Waals surface area contributed by atoms with Gasteiger partial charge in [-0.1, -0.05) is 31.9 Å². The van der Waals surface area contributed by atoms with Crippen molar-refractivity contribution in [2.75, 3.05) is 13.7 Å². The van der Waals surface area contributed by atoms with Crippen molar-refractivity contribution in [2.45, 2.75) is 45.4 Å². The Hall–Kier alpha value is -0.300. The molecule has 0 atom stereocenters. The summed E-state index contributed by atoms with van der Waals surface area (Å²) < 4.78 is 4.95. The molecule has 0 aromatic heterocycles. The summed E-state index contributed by atoms with van der Waals surface area (Å²) in [4.78, 5) is 0. The third-order valence-electron chi connectivity index (χ3n) is 1.86. The number of rotatable bonds is 8. The molecule has 0 heterocycles. The molecule has 0 rings (SSSR count). The Morgan fingerprint density at radius 2 is 1.67 bits per heavy atom.